The molecule has 0 spiro atoms. The first-order valence-electron chi connectivity index (χ1n) is 8.47. The normalized spacial score (nSPS) is 14.2. The first-order chi connectivity index (χ1) is 11.6. The summed E-state index contributed by atoms with van der Waals surface area (Å²) in [6.07, 6.45) is 3.09. The van der Waals surface area contributed by atoms with Gasteiger partial charge >= 0.3 is 0 Å². The molecule has 0 radical (unpaired) electrons. The number of hydrogen-bond acceptors (Lipinski definition) is 2. The molecule has 0 atom stereocenters. The summed E-state index contributed by atoms with van der Waals surface area (Å²) in [6, 6.07) is 16.6. The van der Waals surface area contributed by atoms with Gasteiger partial charge < -0.3 is 10.2 Å². The lowest BCUT2D eigenvalue weighted by Gasteiger charge is -2.27. The van der Waals surface area contributed by atoms with E-state index in [-0.39, 0.29) is 5.91 Å². The Bertz CT molecular complexity index is 729. The zero-order valence-electron chi connectivity index (χ0n) is 14.4. The van der Waals surface area contributed by atoms with Crippen LogP contribution in [0.5, 0.6) is 0 Å². The highest BCUT2D eigenvalue weighted by Crippen LogP contribution is 2.22. The summed E-state index contributed by atoms with van der Waals surface area (Å²) >= 11 is 0. The fourth-order valence-electron chi connectivity index (χ4n) is 3.18. The van der Waals surface area contributed by atoms with Crippen LogP contribution in [0.1, 0.15) is 23.1 Å². The van der Waals surface area contributed by atoms with E-state index in [4.69, 9.17) is 0 Å². The van der Waals surface area contributed by atoms with Gasteiger partial charge in [-0.3, -0.25) is 4.79 Å². The summed E-state index contributed by atoms with van der Waals surface area (Å²) in [5, 5.41) is 3.31. The molecule has 3 nitrogen and oxygen atoms in total. The van der Waals surface area contributed by atoms with Gasteiger partial charge in [0.25, 0.3) is 0 Å². The van der Waals surface area contributed by atoms with Gasteiger partial charge in [0.2, 0.25) is 5.91 Å². The molecule has 24 heavy (non-hydrogen) atoms. The van der Waals surface area contributed by atoms with Gasteiger partial charge in [0, 0.05) is 18.8 Å². The van der Waals surface area contributed by atoms with Crippen LogP contribution in [-0.2, 0) is 4.79 Å². The van der Waals surface area contributed by atoms with Gasteiger partial charge in [-0.05, 0) is 42.5 Å². The van der Waals surface area contributed by atoms with Crippen molar-refractivity contribution in [3.63, 3.8) is 0 Å². The molecule has 3 heteroatoms. The van der Waals surface area contributed by atoms with Gasteiger partial charge in [0.05, 0.1) is 6.54 Å². The van der Waals surface area contributed by atoms with E-state index in [1.807, 2.05) is 17.0 Å². The van der Waals surface area contributed by atoms with Crippen LogP contribution in [0.15, 0.2) is 54.6 Å². The van der Waals surface area contributed by atoms with Crippen molar-refractivity contribution >= 4 is 17.2 Å². The highest BCUT2D eigenvalue weighted by molar-refractivity contribution is 5.82. The molecule has 1 N–H and O–H groups in total. The largest absolute Gasteiger partial charge is 0.376 e. The van der Waals surface area contributed by atoms with E-state index in [1.165, 1.54) is 22.3 Å². The third-order valence-corrected chi connectivity index (χ3v) is 4.60. The number of benzene rings is 2. The zero-order chi connectivity index (χ0) is 16.9. The second-order valence-corrected chi connectivity index (χ2v) is 6.31. The predicted octanol–water partition coefficient (Wildman–Crippen LogP) is 4.03. The predicted molar refractivity (Wildman–Crippen MR) is 100 cm³/mol. The van der Waals surface area contributed by atoms with E-state index in [9.17, 15) is 4.79 Å². The Morgan fingerprint density at radius 3 is 2.38 bits per heavy atom. The summed E-state index contributed by atoms with van der Waals surface area (Å²) in [5.41, 5.74) is 6.02. The van der Waals surface area contributed by atoms with E-state index in [1.54, 1.807) is 0 Å². The fourth-order valence-corrected chi connectivity index (χ4v) is 3.18. The lowest BCUT2D eigenvalue weighted by atomic mass is 9.99. The average molecular weight is 320 g/mol. The maximum absolute atomic E-state index is 12.5. The summed E-state index contributed by atoms with van der Waals surface area (Å²) in [4.78, 5) is 14.4. The standard InChI is InChI=1S/C21H24N2O/c1-16-7-6-8-17(2)21(16)22-15-20(24)23-13-11-19(12-14-23)18-9-4-3-5-10-18/h3-11,22H,12-15H2,1-2H3. The molecule has 0 aliphatic carbocycles. The third-order valence-electron chi connectivity index (χ3n) is 4.60. The van der Waals surface area contributed by atoms with Crippen LogP contribution in [0.25, 0.3) is 5.57 Å². The van der Waals surface area contributed by atoms with Crippen molar-refractivity contribution in [1.29, 1.82) is 0 Å². The topological polar surface area (TPSA) is 32.3 Å². The number of nitrogens with zero attached hydrogens (tertiary/aromatic N) is 1. The second kappa shape index (κ2) is 7.35. The first kappa shape index (κ1) is 16.3. The van der Waals surface area contributed by atoms with Gasteiger partial charge in [-0.15, -0.1) is 0 Å². The molecule has 0 saturated carbocycles. The third kappa shape index (κ3) is 3.67. The molecule has 1 aliphatic heterocycles. The summed E-state index contributed by atoms with van der Waals surface area (Å²) in [6.45, 7) is 5.96. The number of amides is 1. The summed E-state index contributed by atoms with van der Waals surface area (Å²) in [7, 11) is 0. The van der Waals surface area contributed by atoms with E-state index >= 15 is 0 Å². The first-order valence-corrected chi connectivity index (χ1v) is 8.47. The Morgan fingerprint density at radius 2 is 1.75 bits per heavy atom. The van der Waals surface area contributed by atoms with Crippen LogP contribution in [0.3, 0.4) is 0 Å². The molecular weight excluding hydrogens is 296 g/mol. The quantitative estimate of drug-likeness (QED) is 0.922. The van der Waals surface area contributed by atoms with Crippen molar-refractivity contribution in [2.75, 3.05) is 25.0 Å². The van der Waals surface area contributed by atoms with Crippen LogP contribution < -0.4 is 5.32 Å². The minimum Gasteiger partial charge on any atom is -0.376 e. The maximum Gasteiger partial charge on any atom is 0.242 e. The molecule has 124 valence electrons. The molecule has 1 aliphatic rings. The number of carbonyl (C=O) groups is 1. The van der Waals surface area contributed by atoms with E-state index < -0.39 is 0 Å². The van der Waals surface area contributed by atoms with Crippen molar-refractivity contribution < 1.29 is 4.79 Å². The van der Waals surface area contributed by atoms with Crippen molar-refractivity contribution in [2.24, 2.45) is 0 Å². The Balaban J connectivity index is 1.58. The molecule has 0 saturated heterocycles. The number of hydrogen-bond donors (Lipinski definition) is 1. The molecule has 0 fully saturated rings. The van der Waals surface area contributed by atoms with Crippen molar-refractivity contribution in [2.45, 2.75) is 20.3 Å². The number of aryl methyl sites for hydroxylation is 2. The Morgan fingerprint density at radius 1 is 1.04 bits per heavy atom. The number of anilines is 1. The van der Waals surface area contributed by atoms with Crippen LogP contribution in [0.2, 0.25) is 0 Å². The SMILES string of the molecule is Cc1cccc(C)c1NCC(=O)N1CC=C(c2ccccc2)CC1. The Labute approximate surface area is 144 Å². The molecule has 2 aromatic rings. The van der Waals surface area contributed by atoms with E-state index in [0.29, 0.717) is 13.1 Å². The molecular formula is C21H24N2O. The summed E-state index contributed by atoms with van der Waals surface area (Å²) in [5.74, 6) is 0.154. The van der Waals surface area contributed by atoms with Gasteiger partial charge in [-0.1, -0.05) is 54.6 Å². The molecule has 0 bridgehead atoms. The van der Waals surface area contributed by atoms with Crippen molar-refractivity contribution in [1.82, 2.24) is 4.90 Å². The minimum absolute atomic E-state index is 0.154. The van der Waals surface area contributed by atoms with Crippen molar-refractivity contribution in [3.05, 3.63) is 71.3 Å². The van der Waals surface area contributed by atoms with Crippen LogP contribution in [0, 0.1) is 13.8 Å². The lowest BCUT2D eigenvalue weighted by molar-refractivity contribution is -0.128. The molecule has 3 rings (SSSR count). The van der Waals surface area contributed by atoms with E-state index in [0.717, 1.165) is 18.7 Å². The highest BCUT2D eigenvalue weighted by atomic mass is 16.2. The number of nitrogens with one attached hydrogen (secondary N) is 1. The summed E-state index contributed by atoms with van der Waals surface area (Å²) < 4.78 is 0. The maximum atomic E-state index is 12.5. The van der Waals surface area contributed by atoms with Crippen LogP contribution in [0.4, 0.5) is 5.69 Å². The highest BCUT2D eigenvalue weighted by Gasteiger charge is 2.18. The van der Waals surface area contributed by atoms with E-state index in [2.05, 4.69) is 61.6 Å². The molecule has 2 aromatic carbocycles. The fraction of sp³-hybridized carbons (Fsp3) is 0.286. The molecule has 0 unspecified atom stereocenters. The Hall–Kier alpha value is -2.55. The minimum atomic E-state index is 0.154. The lowest BCUT2D eigenvalue weighted by Crippen LogP contribution is -2.38. The molecule has 1 amide bonds. The molecule has 0 aromatic heterocycles. The van der Waals surface area contributed by atoms with Gasteiger partial charge in [-0.25, -0.2) is 0 Å². The monoisotopic (exact) mass is 320 g/mol. The smallest absolute Gasteiger partial charge is 0.242 e. The average Bonchev–Trinajstić information content (AvgIpc) is 2.62. The number of para-hydroxylation sites is 1. The van der Waals surface area contributed by atoms with Crippen LogP contribution in [-0.4, -0.2) is 30.4 Å². The van der Waals surface area contributed by atoms with Crippen LogP contribution >= 0.6 is 0 Å². The number of rotatable bonds is 4. The Kier molecular flexibility index (Phi) is 4.99. The molecule has 1 heterocycles. The second-order valence-electron chi connectivity index (χ2n) is 6.31. The van der Waals surface area contributed by atoms with Gasteiger partial charge in [-0.2, -0.15) is 0 Å². The van der Waals surface area contributed by atoms with Crippen molar-refractivity contribution in [3.8, 4) is 0 Å². The number of carbonyl (C=O) groups excluding carboxylic acids is 1. The van der Waals surface area contributed by atoms with Gasteiger partial charge in [0.15, 0.2) is 0 Å². The zero-order valence-corrected chi connectivity index (χ0v) is 14.4. The van der Waals surface area contributed by atoms with Gasteiger partial charge in [0.1, 0.15) is 0 Å².